The maximum absolute atomic E-state index is 11.9. The summed E-state index contributed by atoms with van der Waals surface area (Å²) in [5.74, 6) is 0.187. The van der Waals surface area contributed by atoms with Crippen LogP contribution in [-0.4, -0.2) is 25.7 Å². The Morgan fingerprint density at radius 3 is 2.18 bits per heavy atom. The van der Waals surface area contributed by atoms with Crippen LogP contribution in [0.4, 0.5) is 0 Å². The second-order valence-corrected chi connectivity index (χ2v) is 6.43. The minimum Gasteiger partial charge on any atom is -0.212 e. The van der Waals surface area contributed by atoms with Gasteiger partial charge in [0.15, 0.2) is 0 Å². The van der Waals surface area contributed by atoms with Gasteiger partial charge >= 0.3 is 0 Å². The van der Waals surface area contributed by atoms with Crippen molar-refractivity contribution in [1.29, 1.82) is 0 Å². The molecule has 1 rings (SSSR count). The topological polar surface area (TPSA) is 46.2 Å². The fraction of sp³-hybridized carbons (Fsp3) is 0.455. The van der Waals surface area contributed by atoms with E-state index in [-0.39, 0.29) is 17.5 Å². The van der Waals surface area contributed by atoms with Crippen molar-refractivity contribution in [3.63, 3.8) is 0 Å². The Morgan fingerprint density at radius 1 is 1.18 bits per heavy atom. The molecule has 1 aromatic rings. The summed E-state index contributed by atoms with van der Waals surface area (Å²) < 4.78 is 26.3. The van der Waals surface area contributed by atoms with Gasteiger partial charge in [-0.1, -0.05) is 30.3 Å². The van der Waals surface area contributed by atoms with E-state index >= 15 is 0 Å². The molecule has 3 nitrogen and oxygen atoms in total. The molecular weight excluding hydrogens is 281 g/mol. The van der Waals surface area contributed by atoms with E-state index in [1.165, 1.54) is 0 Å². The molecule has 6 heteroatoms. The van der Waals surface area contributed by atoms with Gasteiger partial charge in [0.1, 0.15) is 0 Å². The minimum atomic E-state index is -3.44. The van der Waals surface area contributed by atoms with Gasteiger partial charge in [-0.05, 0) is 12.5 Å². The molecule has 0 saturated carbocycles. The largest absolute Gasteiger partial charge is 0.216 e. The summed E-state index contributed by atoms with van der Waals surface area (Å²) in [5, 5.41) is 0. The first-order valence-corrected chi connectivity index (χ1v) is 7.80. The zero-order valence-corrected chi connectivity index (χ0v) is 11.8. The quantitative estimate of drug-likeness (QED) is 0.819. The lowest BCUT2D eigenvalue weighted by Crippen LogP contribution is -2.49. The van der Waals surface area contributed by atoms with Gasteiger partial charge in [0.25, 0.3) is 0 Å². The summed E-state index contributed by atoms with van der Waals surface area (Å²) in [5.41, 5.74) is -0.0806. The van der Waals surface area contributed by atoms with Crippen LogP contribution in [0.15, 0.2) is 30.3 Å². The third-order valence-corrected chi connectivity index (χ3v) is 4.89. The molecule has 0 radical (unpaired) electrons. The van der Waals surface area contributed by atoms with E-state index in [9.17, 15) is 8.42 Å². The van der Waals surface area contributed by atoms with Crippen LogP contribution in [0.5, 0.6) is 0 Å². The Morgan fingerprint density at radius 2 is 1.71 bits per heavy atom. The summed E-state index contributed by atoms with van der Waals surface area (Å²) in [4.78, 5) is 0. The van der Waals surface area contributed by atoms with Crippen molar-refractivity contribution in [1.82, 2.24) is 4.72 Å². The predicted molar refractivity (Wildman–Crippen MR) is 72.0 cm³/mol. The zero-order valence-electron chi connectivity index (χ0n) is 9.49. The molecule has 0 aromatic heterocycles. The first kappa shape index (κ1) is 14.8. The fourth-order valence-corrected chi connectivity index (χ4v) is 3.47. The molecule has 0 unspecified atom stereocenters. The molecule has 0 amide bonds. The first-order chi connectivity index (χ1) is 7.91. The Hall–Kier alpha value is -0.290. The molecule has 96 valence electrons. The number of rotatable bonds is 6. The molecule has 0 spiro atoms. The van der Waals surface area contributed by atoms with Crippen molar-refractivity contribution in [3.05, 3.63) is 35.9 Å². The van der Waals surface area contributed by atoms with Gasteiger partial charge < -0.3 is 0 Å². The van der Waals surface area contributed by atoms with E-state index in [4.69, 9.17) is 23.2 Å². The molecule has 1 N–H and O–H groups in total. The maximum atomic E-state index is 11.9. The van der Waals surface area contributed by atoms with Gasteiger partial charge in [-0.3, -0.25) is 0 Å². The number of nitrogens with one attached hydrogen (secondary N) is 1. The lowest BCUT2D eigenvalue weighted by Gasteiger charge is -2.25. The van der Waals surface area contributed by atoms with Crippen molar-refractivity contribution < 1.29 is 8.42 Å². The monoisotopic (exact) mass is 295 g/mol. The van der Waals surface area contributed by atoms with Gasteiger partial charge in [-0.2, -0.15) is 0 Å². The predicted octanol–water partition coefficient (Wildman–Crippen LogP) is 2.34. The van der Waals surface area contributed by atoms with E-state index in [1.807, 2.05) is 6.07 Å². The Bertz CT molecular complexity index is 444. The molecule has 0 saturated heterocycles. The first-order valence-electron chi connectivity index (χ1n) is 5.08. The van der Waals surface area contributed by atoms with E-state index in [1.54, 1.807) is 31.2 Å². The number of halogens is 2. The Kier molecular flexibility index (Phi) is 5.25. The SMILES string of the molecule is CC(CCl)(CCl)NS(=O)(=O)Cc1ccccc1. The van der Waals surface area contributed by atoms with Crippen molar-refractivity contribution in [2.24, 2.45) is 0 Å². The number of alkyl halides is 2. The normalized spacial score (nSPS) is 12.6. The van der Waals surface area contributed by atoms with Crippen LogP contribution < -0.4 is 4.72 Å². The third-order valence-electron chi connectivity index (χ3n) is 2.19. The highest BCUT2D eigenvalue weighted by molar-refractivity contribution is 7.88. The second-order valence-electron chi connectivity index (χ2n) is 4.17. The third kappa shape index (κ3) is 4.84. The molecule has 0 atom stereocenters. The highest BCUT2D eigenvalue weighted by atomic mass is 35.5. The van der Waals surface area contributed by atoms with Crippen LogP contribution in [-0.2, 0) is 15.8 Å². The van der Waals surface area contributed by atoms with Crippen LogP contribution >= 0.6 is 23.2 Å². The number of benzene rings is 1. The molecular formula is C11H15Cl2NO2S. The number of hydrogen-bond donors (Lipinski definition) is 1. The van der Waals surface area contributed by atoms with Gasteiger partial charge in [0.2, 0.25) is 10.0 Å². The molecule has 0 aliphatic carbocycles. The van der Waals surface area contributed by atoms with Gasteiger partial charge in [0, 0.05) is 11.8 Å². The van der Waals surface area contributed by atoms with Crippen LogP contribution in [0.3, 0.4) is 0 Å². The van der Waals surface area contributed by atoms with Crippen LogP contribution in [0.1, 0.15) is 12.5 Å². The summed E-state index contributed by atoms with van der Waals surface area (Å²) in [7, 11) is -3.44. The molecule has 0 aliphatic rings. The molecule has 0 heterocycles. The van der Waals surface area contributed by atoms with Crippen LogP contribution in [0.25, 0.3) is 0 Å². The summed E-state index contributed by atoms with van der Waals surface area (Å²) >= 11 is 11.4. The highest BCUT2D eigenvalue weighted by Crippen LogP contribution is 2.13. The second kappa shape index (κ2) is 6.05. The smallest absolute Gasteiger partial charge is 0.212 e. The average molecular weight is 296 g/mol. The van der Waals surface area contributed by atoms with Gasteiger partial charge in [-0.15, -0.1) is 23.2 Å². The molecule has 17 heavy (non-hydrogen) atoms. The molecule has 0 fully saturated rings. The lowest BCUT2D eigenvalue weighted by atomic mass is 10.1. The van der Waals surface area contributed by atoms with Crippen molar-refractivity contribution >= 4 is 33.2 Å². The van der Waals surface area contributed by atoms with Crippen molar-refractivity contribution in [2.75, 3.05) is 11.8 Å². The van der Waals surface area contributed by atoms with Crippen molar-refractivity contribution in [3.8, 4) is 0 Å². The summed E-state index contributed by atoms with van der Waals surface area (Å²) in [6, 6.07) is 8.96. The van der Waals surface area contributed by atoms with Gasteiger partial charge in [0.05, 0.1) is 11.3 Å². The standard InChI is InChI=1S/C11H15Cl2NO2S/c1-11(8-12,9-13)14-17(15,16)7-10-5-3-2-4-6-10/h2-6,14H,7-9H2,1H3. The highest BCUT2D eigenvalue weighted by Gasteiger charge is 2.28. The lowest BCUT2D eigenvalue weighted by molar-refractivity contribution is 0.500. The average Bonchev–Trinajstić information content (AvgIpc) is 2.29. The summed E-state index contributed by atoms with van der Waals surface area (Å²) in [6.07, 6.45) is 0. The zero-order chi connectivity index (χ0) is 12.9. The fourth-order valence-electron chi connectivity index (χ4n) is 1.30. The molecule has 1 aromatic carbocycles. The Labute approximate surface area is 112 Å². The Balaban J connectivity index is 2.77. The van der Waals surface area contributed by atoms with E-state index in [0.29, 0.717) is 0 Å². The molecule has 0 bridgehead atoms. The van der Waals surface area contributed by atoms with Gasteiger partial charge in [-0.25, -0.2) is 13.1 Å². The van der Waals surface area contributed by atoms with Crippen LogP contribution in [0, 0.1) is 0 Å². The maximum Gasteiger partial charge on any atom is 0.216 e. The molecule has 0 aliphatic heterocycles. The summed E-state index contributed by atoms with van der Waals surface area (Å²) in [6.45, 7) is 1.68. The number of hydrogen-bond acceptors (Lipinski definition) is 2. The minimum absolute atomic E-state index is 0.0722. The number of sulfonamides is 1. The van der Waals surface area contributed by atoms with E-state index in [2.05, 4.69) is 4.72 Å². The van der Waals surface area contributed by atoms with E-state index < -0.39 is 15.6 Å². The van der Waals surface area contributed by atoms with Crippen LogP contribution in [0.2, 0.25) is 0 Å². The van der Waals surface area contributed by atoms with E-state index in [0.717, 1.165) is 5.56 Å². The van der Waals surface area contributed by atoms with Crippen molar-refractivity contribution in [2.45, 2.75) is 18.2 Å².